The molecule has 0 aliphatic carbocycles. The maximum Gasteiger partial charge on any atom is 0.104 e. The predicted octanol–water partition coefficient (Wildman–Crippen LogP) is 4.46. The van der Waals surface area contributed by atoms with Gasteiger partial charge in [0.15, 0.2) is 0 Å². The zero-order chi connectivity index (χ0) is 13.3. The van der Waals surface area contributed by atoms with Crippen LogP contribution in [0.2, 0.25) is 0 Å². The zero-order valence-corrected chi connectivity index (χ0v) is 12.5. The van der Waals surface area contributed by atoms with Crippen LogP contribution < -0.4 is 0 Å². The second-order valence-corrected chi connectivity index (χ2v) is 5.67. The number of benzene rings is 2. The maximum absolute atomic E-state index is 10.5. The highest BCUT2D eigenvalue weighted by Gasteiger charge is 2.14. The normalized spacial score (nSPS) is 12.5. The fraction of sp³-hybridized carbons (Fsp3) is 0.250. The molecule has 0 fully saturated rings. The Hall–Kier alpha value is -1.12. The first-order chi connectivity index (χ1) is 8.49. The Balaban J connectivity index is 2.46. The van der Waals surface area contributed by atoms with Crippen molar-refractivity contribution in [3.8, 4) is 0 Å². The Morgan fingerprint density at radius 3 is 2.28 bits per heavy atom. The molecule has 94 valence electrons. The second-order valence-electron chi connectivity index (χ2n) is 4.75. The summed E-state index contributed by atoms with van der Waals surface area (Å²) in [5, 5.41) is 10.5. The van der Waals surface area contributed by atoms with E-state index >= 15 is 0 Å². The third kappa shape index (κ3) is 2.65. The summed E-state index contributed by atoms with van der Waals surface area (Å²) in [6.07, 6.45) is -0.568. The molecule has 1 atom stereocenters. The molecule has 1 nitrogen and oxygen atoms in total. The highest BCUT2D eigenvalue weighted by Crippen LogP contribution is 2.28. The summed E-state index contributed by atoms with van der Waals surface area (Å²) in [6, 6.07) is 12.0. The van der Waals surface area contributed by atoms with Crippen molar-refractivity contribution < 1.29 is 5.11 Å². The summed E-state index contributed by atoms with van der Waals surface area (Å²) in [7, 11) is 0. The molecule has 0 bridgehead atoms. The van der Waals surface area contributed by atoms with Crippen LogP contribution in [0.4, 0.5) is 0 Å². The standard InChI is InChI=1S/C16H17BrO/c1-10-7-12(3)15(8-11(10)2)16(18)13-5-4-6-14(17)9-13/h4-9,16,18H,1-3H3/t16-/m1/s1. The third-order valence-corrected chi connectivity index (χ3v) is 3.83. The van der Waals surface area contributed by atoms with Crippen LogP contribution in [-0.2, 0) is 0 Å². The lowest BCUT2D eigenvalue weighted by atomic mass is 9.94. The molecule has 0 saturated heterocycles. The second kappa shape index (κ2) is 5.25. The van der Waals surface area contributed by atoms with Gasteiger partial charge in [-0.15, -0.1) is 0 Å². The van der Waals surface area contributed by atoms with Crippen molar-refractivity contribution in [3.05, 3.63) is 68.7 Å². The predicted molar refractivity (Wildman–Crippen MR) is 78.9 cm³/mol. The first-order valence-electron chi connectivity index (χ1n) is 6.00. The van der Waals surface area contributed by atoms with E-state index in [2.05, 4.69) is 41.9 Å². The van der Waals surface area contributed by atoms with Crippen molar-refractivity contribution in [1.29, 1.82) is 0 Å². The first-order valence-corrected chi connectivity index (χ1v) is 6.79. The molecule has 1 N–H and O–H groups in total. The van der Waals surface area contributed by atoms with Crippen LogP contribution in [0.3, 0.4) is 0 Å². The molecule has 0 unspecified atom stereocenters. The zero-order valence-electron chi connectivity index (χ0n) is 10.9. The van der Waals surface area contributed by atoms with Crippen molar-refractivity contribution in [1.82, 2.24) is 0 Å². The average molecular weight is 305 g/mol. The largest absolute Gasteiger partial charge is 0.384 e. The molecule has 0 radical (unpaired) electrons. The summed E-state index contributed by atoms with van der Waals surface area (Å²) in [5.74, 6) is 0. The van der Waals surface area contributed by atoms with Crippen LogP contribution in [0.5, 0.6) is 0 Å². The molecular formula is C16H17BrO. The molecule has 0 aromatic heterocycles. The lowest BCUT2D eigenvalue weighted by Crippen LogP contribution is -2.03. The topological polar surface area (TPSA) is 20.2 Å². The fourth-order valence-electron chi connectivity index (χ4n) is 2.13. The Morgan fingerprint density at radius 2 is 1.61 bits per heavy atom. The van der Waals surface area contributed by atoms with Crippen LogP contribution in [0, 0.1) is 20.8 Å². The van der Waals surface area contributed by atoms with Gasteiger partial charge in [0.25, 0.3) is 0 Å². The van der Waals surface area contributed by atoms with E-state index in [9.17, 15) is 5.11 Å². The van der Waals surface area contributed by atoms with Crippen LogP contribution in [0.25, 0.3) is 0 Å². The fourth-order valence-corrected chi connectivity index (χ4v) is 2.55. The Kier molecular flexibility index (Phi) is 3.88. The summed E-state index contributed by atoms with van der Waals surface area (Å²) in [6.45, 7) is 6.21. The van der Waals surface area contributed by atoms with Crippen molar-refractivity contribution in [2.45, 2.75) is 26.9 Å². The van der Waals surface area contributed by atoms with Gasteiger partial charge in [-0.25, -0.2) is 0 Å². The van der Waals surface area contributed by atoms with Gasteiger partial charge in [0.1, 0.15) is 6.10 Å². The molecule has 2 aromatic rings. The van der Waals surface area contributed by atoms with E-state index in [0.717, 1.165) is 21.2 Å². The van der Waals surface area contributed by atoms with Crippen molar-refractivity contribution in [2.24, 2.45) is 0 Å². The van der Waals surface area contributed by atoms with Crippen molar-refractivity contribution >= 4 is 15.9 Å². The lowest BCUT2D eigenvalue weighted by Gasteiger charge is -2.16. The minimum Gasteiger partial charge on any atom is -0.384 e. The Bertz CT molecular complexity index is 575. The van der Waals surface area contributed by atoms with Gasteiger partial charge in [-0.2, -0.15) is 0 Å². The van der Waals surface area contributed by atoms with E-state index in [1.165, 1.54) is 11.1 Å². The van der Waals surface area contributed by atoms with Crippen LogP contribution in [0.15, 0.2) is 40.9 Å². The molecule has 0 amide bonds. The van der Waals surface area contributed by atoms with E-state index in [1.54, 1.807) is 0 Å². The van der Waals surface area contributed by atoms with Crippen molar-refractivity contribution in [3.63, 3.8) is 0 Å². The van der Waals surface area contributed by atoms with Crippen LogP contribution >= 0.6 is 15.9 Å². The molecule has 2 aromatic carbocycles. The van der Waals surface area contributed by atoms with Gasteiger partial charge in [-0.1, -0.05) is 40.2 Å². The molecule has 0 spiro atoms. The molecule has 0 aliphatic rings. The van der Waals surface area contributed by atoms with Gasteiger partial charge < -0.3 is 5.11 Å². The van der Waals surface area contributed by atoms with E-state index in [0.29, 0.717) is 0 Å². The number of aliphatic hydroxyl groups is 1. The summed E-state index contributed by atoms with van der Waals surface area (Å²) < 4.78 is 0.987. The quantitative estimate of drug-likeness (QED) is 0.868. The summed E-state index contributed by atoms with van der Waals surface area (Å²) in [5.41, 5.74) is 5.50. The van der Waals surface area contributed by atoms with Gasteiger partial charge in [0, 0.05) is 4.47 Å². The molecule has 2 rings (SSSR count). The monoisotopic (exact) mass is 304 g/mol. The summed E-state index contributed by atoms with van der Waals surface area (Å²) >= 11 is 3.44. The van der Waals surface area contributed by atoms with Crippen LogP contribution in [-0.4, -0.2) is 5.11 Å². The molecule has 2 heteroatoms. The number of aliphatic hydroxyl groups excluding tert-OH is 1. The molecular weight excluding hydrogens is 288 g/mol. The number of halogens is 1. The van der Waals surface area contributed by atoms with Gasteiger partial charge in [0.2, 0.25) is 0 Å². The minimum atomic E-state index is -0.568. The molecule has 0 saturated carbocycles. The van der Waals surface area contributed by atoms with Gasteiger partial charge in [0.05, 0.1) is 0 Å². The van der Waals surface area contributed by atoms with E-state index in [4.69, 9.17) is 0 Å². The molecule has 18 heavy (non-hydrogen) atoms. The lowest BCUT2D eigenvalue weighted by molar-refractivity contribution is 0.219. The highest BCUT2D eigenvalue weighted by atomic mass is 79.9. The smallest absolute Gasteiger partial charge is 0.104 e. The van der Waals surface area contributed by atoms with E-state index in [-0.39, 0.29) is 0 Å². The van der Waals surface area contributed by atoms with Gasteiger partial charge >= 0.3 is 0 Å². The van der Waals surface area contributed by atoms with E-state index in [1.807, 2.05) is 31.2 Å². The minimum absolute atomic E-state index is 0.568. The van der Waals surface area contributed by atoms with Gasteiger partial charge in [-0.05, 0) is 60.7 Å². The maximum atomic E-state index is 10.5. The van der Waals surface area contributed by atoms with E-state index < -0.39 is 6.10 Å². The van der Waals surface area contributed by atoms with Gasteiger partial charge in [-0.3, -0.25) is 0 Å². The molecule has 0 heterocycles. The first kappa shape index (κ1) is 13.3. The third-order valence-electron chi connectivity index (χ3n) is 3.34. The Morgan fingerprint density at radius 1 is 0.944 bits per heavy atom. The highest BCUT2D eigenvalue weighted by molar-refractivity contribution is 9.10. The SMILES string of the molecule is Cc1cc(C)c([C@H](O)c2cccc(Br)c2)cc1C. The number of rotatable bonds is 2. The Labute approximate surface area is 117 Å². The number of hydrogen-bond donors (Lipinski definition) is 1. The van der Waals surface area contributed by atoms with Crippen LogP contribution in [0.1, 0.15) is 33.9 Å². The number of hydrogen-bond acceptors (Lipinski definition) is 1. The van der Waals surface area contributed by atoms with Crippen molar-refractivity contribution in [2.75, 3.05) is 0 Å². The number of aryl methyl sites for hydroxylation is 3. The summed E-state index contributed by atoms with van der Waals surface area (Å²) in [4.78, 5) is 0. The average Bonchev–Trinajstić information content (AvgIpc) is 2.33. The molecule has 0 aliphatic heterocycles.